The van der Waals surface area contributed by atoms with E-state index in [1.807, 2.05) is 0 Å². The zero-order valence-electron chi connectivity index (χ0n) is 31.0. The predicted molar refractivity (Wildman–Crippen MR) is 235 cm³/mol. The van der Waals surface area contributed by atoms with Gasteiger partial charge in [0.1, 0.15) is 0 Å². The number of benzene rings is 9. The van der Waals surface area contributed by atoms with Crippen molar-refractivity contribution in [2.45, 2.75) is 5.41 Å². The standard InChI is InChI=1S/C55H39N/c1-5-19-40(20-6-1)49-36-35-48(39-52(49)41-21-7-2-8-22-41)56(46-28-11-4-12-29-46)47-30-18-24-43(38-47)42-23-17-27-45(37-42)55(44-25-9-3-10-26-44)53-33-15-13-31-50(53)51-32-14-16-34-54(51)55/h1-39H. The van der Waals surface area contributed by atoms with Crippen molar-refractivity contribution in [1.82, 2.24) is 0 Å². The maximum absolute atomic E-state index is 2.42. The molecule has 264 valence electrons. The highest BCUT2D eigenvalue weighted by molar-refractivity contribution is 5.90. The molecule has 0 unspecified atom stereocenters. The smallest absolute Gasteiger partial charge is 0.0713 e. The molecule has 10 rings (SSSR count). The third kappa shape index (κ3) is 5.65. The highest BCUT2D eigenvalue weighted by atomic mass is 15.1. The molecule has 9 aromatic rings. The number of anilines is 3. The first-order chi connectivity index (χ1) is 27.8. The Labute approximate surface area is 329 Å². The molecule has 1 nitrogen and oxygen atoms in total. The van der Waals surface area contributed by atoms with Gasteiger partial charge in [0, 0.05) is 17.1 Å². The molecular weight excluding hydrogens is 675 g/mol. The summed E-state index contributed by atoms with van der Waals surface area (Å²) in [6.07, 6.45) is 0. The molecule has 0 spiro atoms. The van der Waals surface area contributed by atoms with Gasteiger partial charge >= 0.3 is 0 Å². The van der Waals surface area contributed by atoms with Crippen LogP contribution in [0.1, 0.15) is 22.3 Å². The molecule has 0 saturated heterocycles. The summed E-state index contributed by atoms with van der Waals surface area (Å²) in [6, 6.07) is 86.1. The topological polar surface area (TPSA) is 3.24 Å². The number of hydrogen-bond donors (Lipinski definition) is 0. The Morgan fingerprint density at radius 1 is 0.250 bits per heavy atom. The number of fused-ring (bicyclic) bond motifs is 3. The summed E-state index contributed by atoms with van der Waals surface area (Å²) < 4.78 is 0. The minimum absolute atomic E-state index is 0.452. The predicted octanol–water partition coefficient (Wildman–Crippen LogP) is 14.5. The Balaban J connectivity index is 1.13. The largest absolute Gasteiger partial charge is 0.310 e. The van der Waals surface area contributed by atoms with Crippen LogP contribution >= 0.6 is 0 Å². The second-order valence-electron chi connectivity index (χ2n) is 14.5. The quantitative estimate of drug-likeness (QED) is 0.152. The van der Waals surface area contributed by atoms with Gasteiger partial charge in [0.05, 0.1) is 5.41 Å². The van der Waals surface area contributed by atoms with Crippen molar-refractivity contribution in [3.05, 3.63) is 259 Å². The molecule has 0 N–H and O–H groups in total. The normalized spacial score (nSPS) is 12.4. The van der Waals surface area contributed by atoms with Gasteiger partial charge in [-0.3, -0.25) is 0 Å². The fraction of sp³-hybridized carbons (Fsp3) is 0.0182. The van der Waals surface area contributed by atoms with Gasteiger partial charge in [-0.25, -0.2) is 0 Å². The van der Waals surface area contributed by atoms with Crippen LogP contribution in [-0.4, -0.2) is 0 Å². The van der Waals surface area contributed by atoms with E-state index in [4.69, 9.17) is 0 Å². The molecule has 0 bridgehead atoms. The van der Waals surface area contributed by atoms with Gasteiger partial charge in [0.15, 0.2) is 0 Å². The molecule has 0 fully saturated rings. The Bertz CT molecular complexity index is 2740. The van der Waals surface area contributed by atoms with Crippen LogP contribution in [0.25, 0.3) is 44.5 Å². The van der Waals surface area contributed by atoms with Crippen molar-refractivity contribution in [3.63, 3.8) is 0 Å². The molecule has 0 saturated carbocycles. The molecule has 0 atom stereocenters. The maximum atomic E-state index is 2.42. The first-order valence-electron chi connectivity index (χ1n) is 19.3. The molecule has 0 aromatic heterocycles. The van der Waals surface area contributed by atoms with Crippen LogP contribution in [0.5, 0.6) is 0 Å². The Morgan fingerprint density at radius 2 is 0.696 bits per heavy atom. The zero-order valence-corrected chi connectivity index (χ0v) is 31.0. The van der Waals surface area contributed by atoms with E-state index < -0.39 is 5.41 Å². The minimum Gasteiger partial charge on any atom is -0.310 e. The van der Waals surface area contributed by atoms with E-state index >= 15 is 0 Å². The second kappa shape index (κ2) is 14.2. The molecule has 0 radical (unpaired) electrons. The molecule has 1 heteroatoms. The summed E-state index contributed by atoms with van der Waals surface area (Å²) in [6.45, 7) is 0. The molecule has 0 amide bonds. The van der Waals surface area contributed by atoms with Crippen LogP contribution in [0.4, 0.5) is 17.1 Å². The van der Waals surface area contributed by atoms with Gasteiger partial charge in [-0.1, -0.05) is 194 Å². The van der Waals surface area contributed by atoms with Gasteiger partial charge in [0.2, 0.25) is 0 Å². The van der Waals surface area contributed by atoms with E-state index in [1.165, 1.54) is 61.2 Å². The van der Waals surface area contributed by atoms with Gasteiger partial charge in [-0.15, -0.1) is 0 Å². The summed E-state index contributed by atoms with van der Waals surface area (Å²) >= 11 is 0. The molecular formula is C55H39N. The number of rotatable bonds is 8. The molecule has 56 heavy (non-hydrogen) atoms. The lowest BCUT2D eigenvalue weighted by Crippen LogP contribution is -2.28. The van der Waals surface area contributed by atoms with Gasteiger partial charge in [-0.05, 0) is 109 Å². The van der Waals surface area contributed by atoms with Gasteiger partial charge in [-0.2, -0.15) is 0 Å². The van der Waals surface area contributed by atoms with Crippen molar-refractivity contribution < 1.29 is 0 Å². The van der Waals surface area contributed by atoms with E-state index in [9.17, 15) is 0 Å². The number of hydrogen-bond acceptors (Lipinski definition) is 1. The fourth-order valence-electron chi connectivity index (χ4n) is 8.89. The van der Waals surface area contributed by atoms with E-state index in [0.717, 1.165) is 22.6 Å². The summed E-state index contributed by atoms with van der Waals surface area (Å²) in [5, 5.41) is 0. The second-order valence-corrected chi connectivity index (χ2v) is 14.5. The van der Waals surface area contributed by atoms with Crippen molar-refractivity contribution in [3.8, 4) is 44.5 Å². The maximum Gasteiger partial charge on any atom is 0.0713 e. The molecule has 0 aliphatic heterocycles. The van der Waals surface area contributed by atoms with Crippen LogP contribution in [0, 0.1) is 0 Å². The fourth-order valence-corrected chi connectivity index (χ4v) is 8.89. The zero-order chi connectivity index (χ0) is 37.3. The monoisotopic (exact) mass is 713 g/mol. The lowest BCUT2D eigenvalue weighted by Gasteiger charge is -2.34. The molecule has 1 aliphatic rings. The van der Waals surface area contributed by atoms with Gasteiger partial charge < -0.3 is 4.90 Å². The van der Waals surface area contributed by atoms with Crippen molar-refractivity contribution in [2.24, 2.45) is 0 Å². The Morgan fingerprint density at radius 3 is 1.34 bits per heavy atom. The van der Waals surface area contributed by atoms with Crippen LogP contribution < -0.4 is 4.90 Å². The number of nitrogens with zero attached hydrogens (tertiary/aromatic N) is 1. The first kappa shape index (κ1) is 33.4. The van der Waals surface area contributed by atoms with Crippen molar-refractivity contribution in [1.29, 1.82) is 0 Å². The lowest BCUT2D eigenvalue weighted by molar-refractivity contribution is 0.769. The van der Waals surface area contributed by atoms with Crippen molar-refractivity contribution >= 4 is 17.1 Å². The highest BCUT2D eigenvalue weighted by Crippen LogP contribution is 2.56. The number of para-hydroxylation sites is 1. The van der Waals surface area contributed by atoms with Gasteiger partial charge in [0.25, 0.3) is 0 Å². The van der Waals surface area contributed by atoms with E-state index in [0.29, 0.717) is 0 Å². The van der Waals surface area contributed by atoms with Crippen LogP contribution in [0.15, 0.2) is 237 Å². The van der Waals surface area contributed by atoms with Crippen LogP contribution in [0.2, 0.25) is 0 Å². The minimum atomic E-state index is -0.452. The van der Waals surface area contributed by atoms with E-state index in [-0.39, 0.29) is 0 Å². The molecule has 1 aliphatic carbocycles. The molecule has 9 aromatic carbocycles. The Hall–Kier alpha value is -7.22. The SMILES string of the molecule is c1ccc(-c2ccc(N(c3ccccc3)c3cccc(-c4cccc(C5(c6ccccc6)c6ccccc6-c6ccccc65)c4)c3)cc2-c2ccccc2)cc1. The lowest BCUT2D eigenvalue weighted by atomic mass is 9.67. The van der Waals surface area contributed by atoms with Crippen molar-refractivity contribution in [2.75, 3.05) is 4.90 Å². The van der Waals surface area contributed by atoms with Crippen LogP contribution in [-0.2, 0) is 5.41 Å². The average molecular weight is 714 g/mol. The third-order valence-corrected chi connectivity index (χ3v) is 11.3. The van der Waals surface area contributed by atoms with E-state index in [2.05, 4.69) is 241 Å². The summed E-state index contributed by atoms with van der Waals surface area (Å²) in [4.78, 5) is 2.38. The third-order valence-electron chi connectivity index (χ3n) is 11.3. The summed E-state index contributed by atoms with van der Waals surface area (Å²) in [7, 11) is 0. The highest BCUT2D eigenvalue weighted by Gasteiger charge is 2.45. The van der Waals surface area contributed by atoms with E-state index in [1.54, 1.807) is 0 Å². The molecule has 0 heterocycles. The van der Waals surface area contributed by atoms with Crippen LogP contribution in [0.3, 0.4) is 0 Å². The average Bonchev–Trinajstić information content (AvgIpc) is 3.59. The summed E-state index contributed by atoms with van der Waals surface area (Å²) in [5.41, 5.74) is 17.8. The summed E-state index contributed by atoms with van der Waals surface area (Å²) in [5.74, 6) is 0. The Kier molecular flexibility index (Phi) is 8.46. The first-order valence-corrected chi connectivity index (χ1v) is 19.3.